The summed E-state index contributed by atoms with van der Waals surface area (Å²) in [4.78, 5) is 0. The van der Waals surface area contributed by atoms with E-state index in [4.69, 9.17) is 9.84 Å². The van der Waals surface area contributed by atoms with Crippen molar-refractivity contribution < 1.29 is 13.2 Å². The Morgan fingerprint density at radius 1 is 0.941 bits per heavy atom. The lowest BCUT2D eigenvalue weighted by molar-refractivity contribution is 0.371. The zero-order valence-corrected chi connectivity index (χ0v) is 19.7. The average molecular weight is 473 g/mol. The predicted molar refractivity (Wildman–Crippen MR) is 133 cm³/mol. The van der Waals surface area contributed by atoms with E-state index in [1.54, 1.807) is 7.11 Å². The highest BCUT2D eigenvalue weighted by Crippen LogP contribution is 2.37. The fourth-order valence-corrected chi connectivity index (χ4v) is 5.07. The quantitative estimate of drug-likeness (QED) is 0.409. The summed E-state index contributed by atoms with van der Waals surface area (Å²) in [7, 11) is -2.01. The van der Waals surface area contributed by atoms with E-state index in [0.717, 1.165) is 28.1 Å². The van der Waals surface area contributed by atoms with E-state index in [1.807, 2.05) is 95.8 Å². The summed E-state index contributed by atoms with van der Waals surface area (Å²) in [5, 5.41) is 9.46. The molecule has 34 heavy (non-hydrogen) atoms. The maximum Gasteiger partial charge on any atom is 0.247 e. The third-order valence-corrected chi connectivity index (χ3v) is 6.80. The van der Waals surface area contributed by atoms with Crippen LogP contribution in [0.5, 0.6) is 5.75 Å². The molecule has 0 amide bonds. The van der Waals surface area contributed by atoms with Crippen LogP contribution >= 0.6 is 0 Å². The molecule has 0 fully saturated rings. The van der Waals surface area contributed by atoms with Crippen molar-refractivity contribution >= 4 is 15.7 Å². The molecule has 1 aromatic heterocycles. The van der Waals surface area contributed by atoms with Crippen LogP contribution in [0.4, 0.5) is 0 Å². The highest BCUT2D eigenvalue weighted by Gasteiger charge is 2.36. The van der Waals surface area contributed by atoms with E-state index in [0.29, 0.717) is 17.9 Å². The summed E-state index contributed by atoms with van der Waals surface area (Å²) in [6.45, 7) is 0. The lowest BCUT2D eigenvalue weighted by Crippen LogP contribution is -2.25. The van der Waals surface area contributed by atoms with E-state index < -0.39 is 16.1 Å². The minimum absolute atomic E-state index is 0.417. The van der Waals surface area contributed by atoms with Crippen molar-refractivity contribution in [3.63, 3.8) is 0 Å². The first-order valence-corrected chi connectivity index (χ1v) is 12.7. The molecule has 7 nitrogen and oxygen atoms in total. The van der Waals surface area contributed by atoms with Crippen molar-refractivity contribution in [3.05, 3.63) is 102 Å². The maximum atomic E-state index is 12.7. The van der Waals surface area contributed by atoms with Crippen molar-refractivity contribution in [2.24, 2.45) is 5.10 Å². The molecule has 1 aliphatic rings. The Bertz CT molecular complexity index is 1450. The SMILES string of the molecule is COc1cccc([C@H]2CC(c3cn(-c4ccccc4)nc3-c3ccccc3)=NN2S(C)(=O)=O)c1. The zero-order valence-electron chi connectivity index (χ0n) is 18.9. The number of nitrogens with zero attached hydrogens (tertiary/aromatic N) is 4. The van der Waals surface area contributed by atoms with E-state index in [-0.39, 0.29) is 0 Å². The second kappa shape index (κ2) is 8.79. The molecule has 3 aromatic carbocycles. The number of hydrogen-bond donors (Lipinski definition) is 0. The van der Waals surface area contributed by atoms with Gasteiger partial charge in [-0.05, 0) is 29.8 Å². The van der Waals surface area contributed by atoms with Crippen LogP contribution in [0.25, 0.3) is 16.9 Å². The number of aromatic nitrogens is 2. The molecule has 0 N–H and O–H groups in total. The second-order valence-corrected chi connectivity index (χ2v) is 9.96. The van der Waals surface area contributed by atoms with Crippen LogP contribution in [-0.2, 0) is 10.0 Å². The molecule has 0 aliphatic carbocycles. The highest BCUT2D eigenvalue weighted by atomic mass is 32.2. The highest BCUT2D eigenvalue weighted by molar-refractivity contribution is 7.88. The Kier molecular flexibility index (Phi) is 5.67. The smallest absolute Gasteiger partial charge is 0.247 e. The van der Waals surface area contributed by atoms with Gasteiger partial charge in [0.15, 0.2) is 0 Å². The van der Waals surface area contributed by atoms with Crippen molar-refractivity contribution in [2.45, 2.75) is 12.5 Å². The first kappa shape index (κ1) is 21.9. The van der Waals surface area contributed by atoms with Gasteiger partial charge in [-0.25, -0.2) is 13.1 Å². The molecule has 2 heterocycles. The normalized spacial score (nSPS) is 15.9. The second-order valence-electron chi connectivity index (χ2n) is 8.12. The summed E-state index contributed by atoms with van der Waals surface area (Å²) >= 11 is 0. The Hall–Kier alpha value is -3.91. The molecule has 1 atom stereocenters. The monoisotopic (exact) mass is 472 g/mol. The summed E-state index contributed by atoms with van der Waals surface area (Å²) < 4.78 is 33.8. The fourth-order valence-electron chi connectivity index (χ4n) is 4.16. The molecule has 172 valence electrons. The van der Waals surface area contributed by atoms with E-state index in [1.165, 1.54) is 10.7 Å². The largest absolute Gasteiger partial charge is 0.497 e. The molecule has 0 bridgehead atoms. The van der Waals surface area contributed by atoms with Gasteiger partial charge in [-0.15, -0.1) is 0 Å². The van der Waals surface area contributed by atoms with Crippen LogP contribution < -0.4 is 4.74 Å². The summed E-state index contributed by atoms with van der Waals surface area (Å²) in [5.41, 5.74) is 4.89. The molecule has 0 spiro atoms. The molecular weight excluding hydrogens is 448 g/mol. The molecule has 8 heteroatoms. The Balaban J connectivity index is 1.63. The number of hydrogen-bond acceptors (Lipinski definition) is 5. The minimum atomic E-state index is -3.61. The van der Waals surface area contributed by atoms with Crippen molar-refractivity contribution in [1.82, 2.24) is 14.2 Å². The molecule has 1 aliphatic heterocycles. The van der Waals surface area contributed by atoms with Crippen LogP contribution in [0.2, 0.25) is 0 Å². The first-order chi connectivity index (χ1) is 16.4. The van der Waals surface area contributed by atoms with Gasteiger partial charge in [-0.3, -0.25) is 0 Å². The van der Waals surface area contributed by atoms with Crippen LogP contribution in [0.3, 0.4) is 0 Å². The zero-order chi connectivity index (χ0) is 23.7. The Morgan fingerprint density at radius 3 is 2.32 bits per heavy atom. The Labute approximate surface area is 199 Å². The van der Waals surface area contributed by atoms with Gasteiger partial charge in [-0.1, -0.05) is 60.7 Å². The van der Waals surface area contributed by atoms with Crippen LogP contribution in [0.1, 0.15) is 23.6 Å². The standard InChI is InChI=1S/C26H24N4O3S/c1-33-22-15-9-12-20(16-22)25-17-24(27-30(25)34(2,31)32)23-18-29(21-13-7-4-8-14-21)28-26(23)19-10-5-3-6-11-19/h3-16,18,25H,17H2,1-2H3/t25-/m1/s1. The Morgan fingerprint density at radius 2 is 1.65 bits per heavy atom. The van der Waals surface area contributed by atoms with E-state index >= 15 is 0 Å². The molecule has 0 radical (unpaired) electrons. The van der Waals surface area contributed by atoms with Gasteiger partial charge in [0.05, 0.1) is 30.8 Å². The van der Waals surface area contributed by atoms with Crippen molar-refractivity contribution in [3.8, 4) is 22.7 Å². The maximum absolute atomic E-state index is 12.7. The molecule has 0 saturated carbocycles. The number of ether oxygens (including phenoxy) is 1. The number of sulfonamides is 1. The van der Waals surface area contributed by atoms with Crippen LogP contribution in [0, 0.1) is 0 Å². The van der Waals surface area contributed by atoms with Gasteiger partial charge in [0.25, 0.3) is 0 Å². The predicted octanol–water partition coefficient (Wildman–Crippen LogP) is 4.66. The summed E-state index contributed by atoms with van der Waals surface area (Å²) in [5.74, 6) is 0.668. The molecule has 5 rings (SSSR count). The lowest BCUT2D eigenvalue weighted by Gasteiger charge is -2.21. The topological polar surface area (TPSA) is 76.8 Å². The molecular formula is C26H24N4O3S. The average Bonchev–Trinajstić information content (AvgIpc) is 3.50. The van der Waals surface area contributed by atoms with Crippen molar-refractivity contribution in [1.29, 1.82) is 0 Å². The van der Waals surface area contributed by atoms with E-state index in [9.17, 15) is 8.42 Å². The summed E-state index contributed by atoms with van der Waals surface area (Å²) in [6, 6.07) is 26.6. The third kappa shape index (κ3) is 4.20. The van der Waals surface area contributed by atoms with Gasteiger partial charge in [-0.2, -0.15) is 14.6 Å². The van der Waals surface area contributed by atoms with Crippen molar-refractivity contribution in [2.75, 3.05) is 13.4 Å². The molecule has 4 aromatic rings. The van der Waals surface area contributed by atoms with E-state index in [2.05, 4.69) is 5.10 Å². The van der Waals surface area contributed by atoms with Crippen LogP contribution in [0.15, 0.2) is 96.2 Å². The van der Waals surface area contributed by atoms with Crippen LogP contribution in [-0.4, -0.2) is 41.7 Å². The number of para-hydroxylation sites is 1. The molecule has 0 saturated heterocycles. The lowest BCUT2D eigenvalue weighted by atomic mass is 9.97. The molecule has 0 unspecified atom stereocenters. The van der Waals surface area contributed by atoms with Gasteiger partial charge < -0.3 is 4.74 Å². The van der Waals surface area contributed by atoms with Gasteiger partial charge in [0.1, 0.15) is 11.4 Å². The first-order valence-electron chi connectivity index (χ1n) is 10.9. The van der Waals surface area contributed by atoms with Gasteiger partial charge in [0.2, 0.25) is 10.0 Å². The van der Waals surface area contributed by atoms with Gasteiger partial charge in [0, 0.05) is 23.7 Å². The minimum Gasteiger partial charge on any atom is -0.497 e. The number of rotatable bonds is 6. The number of benzene rings is 3. The third-order valence-electron chi connectivity index (χ3n) is 5.78. The number of hydrazone groups is 1. The van der Waals surface area contributed by atoms with Gasteiger partial charge >= 0.3 is 0 Å². The summed E-state index contributed by atoms with van der Waals surface area (Å²) in [6.07, 6.45) is 3.52. The number of methoxy groups -OCH3 is 1. The fraction of sp³-hybridized carbons (Fsp3) is 0.154.